The van der Waals surface area contributed by atoms with Crippen LogP contribution in [0.25, 0.3) is 0 Å². The van der Waals surface area contributed by atoms with Gasteiger partial charge in [-0.05, 0) is 31.5 Å². The molecular weight excluding hydrogens is 264 g/mol. The molecule has 1 aromatic rings. The normalized spacial score (nSPS) is 22.0. The van der Waals surface area contributed by atoms with E-state index in [2.05, 4.69) is 36.3 Å². The molecule has 21 heavy (non-hydrogen) atoms. The van der Waals surface area contributed by atoms with Gasteiger partial charge in [-0.3, -0.25) is 0 Å². The molecule has 0 aromatic heterocycles. The number of para-hydroxylation sites is 2. The summed E-state index contributed by atoms with van der Waals surface area (Å²) in [6.45, 7) is 6.86. The Hall–Kier alpha value is -1.26. The quantitative estimate of drug-likeness (QED) is 0.837. The molecule has 1 saturated heterocycles. The number of ether oxygens (including phenoxy) is 2. The lowest BCUT2D eigenvalue weighted by atomic mass is 9.81. The van der Waals surface area contributed by atoms with E-state index in [0.717, 1.165) is 50.7 Å². The smallest absolute Gasteiger partial charge is 0.142 e. The Kier molecular flexibility index (Phi) is 5.88. The summed E-state index contributed by atoms with van der Waals surface area (Å²) >= 11 is 0. The first-order valence-corrected chi connectivity index (χ1v) is 7.83. The topological polar surface area (TPSA) is 33.7 Å². The van der Waals surface area contributed by atoms with Crippen LogP contribution in [0.4, 0.5) is 5.69 Å². The minimum Gasteiger partial charge on any atom is -0.495 e. The van der Waals surface area contributed by atoms with Gasteiger partial charge in [-0.2, -0.15) is 0 Å². The maximum Gasteiger partial charge on any atom is 0.142 e. The van der Waals surface area contributed by atoms with Gasteiger partial charge < -0.3 is 19.7 Å². The van der Waals surface area contributed by atoms with Crippen molar-refractivity contribution in [2.75, 3.05) is 51.9 Å². The maximum atomic E-state index is 5.78. The fourth-order valence-corrected chi connectivity index (χ4v) is 3.15. The van der Waals surface area contributed by atoms with Gasteiger partial charge in [0.2, 0.25) is 0 Å². The van der Waals surface area contributed by atoms with E-state index < -0.39 is 0 Å². The molecule has 1 heterocycles. The highest BCUT2D eigenvalue weighted by Crippen LogP contribution is 2.33. The van der Waals surface area contributed by atoms with Crippen LogP contribution < -0.4 is 15.0 Å². The Morgan fingerprint density at radius 2 is 2.19 bits per heavy atom. The Labute approximate surface area is 128 Å². The van der Waals surface area contributed by atoms with Crippen molar-refractivity contribution in [2.24, 2.45) is 5.41 Å². The molecular formula is C17H28N2O2. The molecule has 0 amide bonds. The Morgan fingerprint density at radius 3 is 2.86 bits per heavy atom. The number of hydrogen-bond acceptors (Lipinski definition) is 4. The number of anilines is 1. The third-order valence-electron chi connectivity index (χ3n) is 4.22. The third-order valence-corrected chi connectivity index (χ3v) is 4.22. The summed E-state index contributed by atoms with van der Waals surface area (Å²) < 4.78 is 11.3. The standard InChI is InChI=1S/C17H28N2O2/c1-4-18-12-17(10-7-11-21-14-17)13-19(2)15-8-5-6-9-16(15)20-3/h5-6,8-9,18H,4,7,10-14H2,1-3H3. The van der Waals surface area contributed by atoms with Crippen LogP contribution in [0.5, 0.6) is 5.75 Å². The molecule has 1 aromatic carbocycles. The minimum absolute atomic E-state index is 0.184. The van der Waals surface area contributed by atoms with Gasteiger partial charge in [-0.1, -0.05) is 19.1 Å². The van der Waals surface area contributed by atoms with Gasteiger partial charge >= 0.3 is 0 Å². The average Bonchev–Trinajstić information content (AvgIpc) is 2.53. The zero-order chi connectivity index (χ0) is 15.1. The Morgan fingerprint density at radius 1 is 1.38 bits per heavy atom. The Balaban J connectivity index is 2.11. The van der Waals surface area contributed by atoms with Gasteiger partial charge in [0.05, 0.1) is 19.4 Å². The number of methoxy groups -OCH3 is 1. The highest BCUT2D eigenvalue weighted by atomic mass is 16.5. The molecule has 1 fully saturated rings. The zero-order valence-electron chi connectivity index (χ0n) is 13.5. The molecule has 0 bridgehead atoms. The molecule has 1 N–H and O–H groups in total. The second kappa shape index (κ2) is 7.66. The van der Waals surface area contributed by atoms with E-state index in [9.17, 15) is 0 Å². The van der Waals surface area contributed by atoms with Crippen molar-refractivity contribution >= 4 is 5.69 Å². The monoisotopic (exact) mass is 292 g/mol. The van der Waals surface area contributed by atoms with Gasteiger partial charge in [0, 0.05) is 32.2 Å². The number of rotatable bonds is 7. The van der Waals surface area contributed by atoms with Crippen molar-refractivity contribution in [3.8, 4) is 5.75 Å². The maximum absolute atomic E-state index is 5.78. The predicted molar refractivity (Wildman–Crippen MR) is 87.3 cm³/mol. The van der Waals surface area contributed by atoms with Crippen molar-refractivity contribution in [1.82, 2.24) is 5.32 Å². The molecule has 4 nitrogen and oxygen atoms in total. The van der Waals surface area contributed by atoms with E-state index in [1.165, 1.54) is 6.42 Å². The first kappa shape index (κ1) is 16.1. The van der Waals surface area contributed by atoms with Crippen molar-refractivity contribution < 1.29 is 9.47 Å². The van der Waals surface area contributed by atoms with Gasteiger partial charge in [-0.15, -0.1) is 0 Å². The lowest BCUT2D eigenvalue weighted by molar-refractivity contribution is -0.00252. The summed E-state index contributed by atoms with van der Waals surface area (Å²) in [4.78, 5) is 2.30. The molecule has 4 heteroatoms. The van der Waals surface area contributed by atoms with Crippen LogP contribution in [0.2, 0.25) is 0 Å². The molecule has 1 unspecified atom stereocenters. The van der Waals surface area contributed by atoms with Crippen molar-refractivity contribution in [1.29, 1.82) is 0 Å². The molecule has 0 saturated carbocycles. The number of nitrogens with zero attached hydrogens (tertiary/aromatic N) is 1. The molecule has 118 valence electrons. The number of benzene rings is 1. The second-order valence-electron chi connectivity index (χ2n) is 5.96. The van der Waals surface area contributed by atoms with E-state index in [0.29, 0.717) is 0 Å². The van der Waals surface area contributed by atoms with Crippen LogP contribution in [0.3, 0.4) is 0 Å². The Bertz CT molecular complexity index is 431. The van der Waals surface area contributed by atoms with Crippen molar-refractivity contribution in [3.05, 3.63) is 24.3 Å². The first-order chi connectivity index (χ1) is 10.2. The highest BCUT2D eigenvalue weighted by molar-refractivity contribution is 5.58. The van der Waals surface area contributed by atoms with Crippen molar-refractivity contribution in [2.45, 2.75) is 19.8 Å². The summed E-state index contributed by atoms with van der Waals surface area (Å²) in [6.07, 6.45) is 2.35. The predicted octanol–water partition coefficient (Wildman–Crippen LogP) is 2.54. The first-order valence-electron chi connectivity index (χ1n) is 7.83. The fraction of sp³-hybridized carbons (Fsp3) is 0.647. The molecule has 1 aliphatic heterocycles. The van der Waals surface area contributed by atoms with Crippen LogP contribution in [0.1, 0.15) is 19.8 Å². The summed E-state index contributed by atoms with van der Waals surface area (Å²) in [7, 11) is 3.87. The van der Waals surface area contributed by atoms with E-state index >= 15 is 0 Å². The average molecular weight is 292 g/mol. The molecule has 0 radical (unpaired) electrons. The van der Waals surface area contributed by atoms with Crippen LogP contribution in [0, 0.1) is 5.41 Å². The molecule has 1 atom stereocenters. The number of nitrogens with one attached hydrogen (secondary N) is 1. The molecule has 2 rings (SSSR count). The minimum atomic E-state index is 0.184. The summed E-state index contributed by atoms with van der Waals surface area (Å²) in [5.74, 6) is 0.926. The zero-order valence-corrected chi connectivity index (χ0v) is 13.5. The van der Waals surface area contributed by atoms with Crippen LogP contribution >= 0.6 is 0 Å². The van der Waals surface area contributed by atoms with Gasteiger partial charge in [0.25, 0.3) is 0 Å². The van der Waals surface area contributed by atoms with Crippen molar-refractivity contribution in [3.63, 3.8) is 0 Å². The lowest BCUT2D eigenvalue weighted by Crippen LogP contribution is -2.48. The van der Waals surface area contributed by atoms with Crippen LogP contribution in [-0.2, 0) is 4.74 Å². The van der Waals surface area contributed by atoms with E-state index in [-0.39, 0.29) is 5.41 Å². The SMILES string of the molecule is CCNCC1(CN(C)c2ccccc2OC)CCCOC1. The van der Waals surface area contributed by atoms with Gasteiger partial charge in [0.15, 0.2) is 0 Å². The second-order valence-corrected chi connectivity index (χ2v) is 5.96. The summed E-state index contributed by atoms with van der Waals surface area (Å²) in [5, 5.41) is 3.51. The fourth-order valence-electron chi connectivity index (χ4n) is 3.15. The van der Waals surface area contributed by atoms with E-state index in [4.69, 9.17) is 9.47 Å². The molecule has 0 aliphatic carbocycles. The van der Waals surface area contributed by atoms with E-state index in [1.807, 2.05) is 12.1 Å². The number of hydrogen-bond donors (Lipinski definition) is 1. The highest BCUT2D eigenvalue weighted by Gasteiger charge is 2.34. The largest absolute Gasteiger partial charge is 0.495 e. The molecule has 1 aliphatic rings. The van der Waals surface area contributed by atoms with Gasteiger partial charge in [-0.25, -0.2) is 0 Å². The van der Waals surface area contributed by atoms with Crippen LogP contribution in [0.15, 0.2) is 24.3 Å². The molecule has 0 spiro atoms. The van der Waals surface area contributed by atoms with E-state index in [1.54, 1.807) is 7.11 Å². The summed E-state index contributed by atoms with van der Waals surface area (Å²) in [5.41, 5.74) is 1.32. The lowest BCUT2D eigenvalue weighted by Gasteiger charge is -2.40. The van der Waals surface area contributed by atoms with Gasteiger partial charge in [0.1, 0.15) is 5.75 Å². The van der Waals surface area contributed by atoms with Crippen LogP contribution in [-0.4, -0.2) is 47.0 Å². The summed E-state index contributed by atoms with van der Waals surface area (Å²) in [6, 6.07) is 8.20. The third kappa shape index (κ3) is 4.11.